The van der Waals surface area contributed by atoms with Gasteiger partial charge in [0.1, 0.15) is 5.25 Å². The molecule has 0 spiro atoms. The minimum atomic E-state index is -0.571. The minimum absolute atomic E-state index is 0.0523. The van der Waals surface area contributed by atoms with Gasteiger partial charge in [-0.3, -0.25) is 9.59 Å². The van der Waals surface area contributed by atoms with Crippen LogP contribution in [-0.4, -0.2) is 33.0 Å². The topological polar surface area (TPSA) is 74.1 Å². The summed E-state index contributed by atoms with van der Waals surface area (Å²) in [5, 5.41) is 9.55. The van der Waals surface area contributed by atoms with Crippen LogP contribution in [0.2, 0.25) is 0 Å². The Kier molecular flexibility index (Phi) is 6.83. The molecule has 35 heavy (non-hydrogen) atoms. The molecule has 2 aliphatic heterocycles. The molecule has 0 aliphatic carbocycles. The number of aliphatic imine (C=N–C) groups is 1. The average Bonchev–Trinajstić information content (AvgIpc) is 3.45. The summed E-state index contributed by atoms with van der Waals surface area (Å²) in [6.45, 7) is 2.06. The molecule has 0 saturated heterocycles. The third-order valence-electron chi connectivity index (χ3n) is 5.90. The first kappa shape index (κ1) is 23.5. The molecule has 2 atom stereocenters. The van der Waals surface area contributed by atoms with Gasteiger partial charge >= 0.3 is 0 Å². The van der Waals surface area contributed by atoms with E-state index in [-0.39, 0.29) is 24.3 Å². The largest absolute Gasteiger partial charge is 0.326 e. The van der Waals surface area contributed by atoms with Crippen LogP contribution in [-0.2, 0) is 9.59 Å². The van der Waals surface area contributed by atoms with Crippen molar-refractivity contribution >= 4 is 56.1 Å². The molecule has 3 aromatic rings. The number of para-hydroxylation sites is 1. The molecular formula is C27H23BrN4O2S. The fourth-order valence-corrected chi connectivity index (χ4v) is 5.38. The Balaban J connectivity index is 1.36. The minimum Gasteiger partial charge on any atom is -0.326 e. The van der Waals surface area contributed by atoms with Gasteiger partial charge in [-0.25, -0.2) is 5.01 Å². The zero-order chi connectivity index (χ0) is 24.4. The van der Waals surface area contributed by atoms with E-state index in [9.17, 15) is 9.59 Å². The van der Waals surface area contributed by atoms with E-state index in [1.165, 1.54) is 17.3 Å². The second kappa shape index (κ2) is 10.2. The van der Waals surface area contributed by atoms with Gasteiger partial charge in [-0.15, -0.1) is 0 Å². The van der Waals surface area contributed by atoms with Gasteiger partial charge in [0.05, 0.1) is 11.8 Å². The molecule has 1 N–H and O–H groups in total. The van der Waals surface area contributed by atoms with Gasteiger partial charge < -0.3 is 5.32 Å². The Morgan fingerprint density at radius 3 is 2.49 bits per heavy atom. The summed E-state index contributed by atoms with van der Waals surface area (Å²) in [6.07, 6.45) is 0.744. The molecule has 2 amide bonds. The number of nitrogens with one attached hydrogen (secondary N) is 1. The van der Waals surface area contributed by atoms with E-state index in [1.54, 1.807) is 0 Å². The first-order valence-electron chi connectivity index (χ1n) is 11.3. The highest BCUT2D eigenvalue weighted by Crippen LogP contribution is 2.39. The molecular weight excluding hydrogens is 524 g/mol. The fourth-order valence-electron chi connectivity index (χ4n) is 4.06. The van der Waals surface area contributed by atoms with Crippen LogP contribution in [0.5, 0.6) is 0 Å². The number of hydrogen-bond donors (Lipinski definition) is 1. The number of anilines is 1. The number of carbonyl (C=O) groups excluding carboxylic acids is 2. The molecule has 0 fully saturated rings. The molecule has 0 aromatic heterocycles. The van der Waals surface area contributed by atoms with E-state index < -0.39 is 5.25 Å². The third-order valence-corrected chi connectivity index (χ3v) is 7.57. The van der Waals surface area contributed by atoms with Crippen molar-refractivity contribution in [2.45, 2.75) is 31.1 Å². The van der Waals surface area contributed by atoms with E-state index in [4.69, 9.17) is 5.10 Å². The van der Waals surface area contributed by atoms with E-state index in [0.717, 1.165) is 21.3 Å². The summed E-state index contributed by atoms with van der Waals surface area (Å²) in [4.78, 5) is 29.6. The van der Waals surface area contributed by atoms with Gasteiger partial charge in [-0.1, -0.05) is 87.9 Å². The van der Waals surface area contributed by atoms with Crippen LogP contribution in [0.4, 0.5) is 5.69 Å². The number of halogens is 1. The van der Waals surface area contributed by atoms with Crippen LogP contribution >= 0.6 is 27.7 Å². The molecule has 0 unspecified atom stereocenters. The number of carbonyl (C=O) groups is 2. The first-order valence-corrected chi connectivity index (χ1v) is 13.0. The predicted molar refractivity (Wildman–Crippen MR) is 145 cm³/mol. The van der Waals surface area contributed by atoms with Crippen LogP contribution in [0, 0.1) is 6.92 Å². The molecule has 2 aliphatic rings. The van der Waals surface area contributed by atoms with Crippen molar-refractivity contribution in [1.82, 2.24) is 5.01 Å². The maximum atomic E-state index is 12.7. The van der Waals surface area contributed by atoms with Crippen molar-refractivity contribution in [3.05, 3.63) is 100 Å². The first-order chi connectivity index (χ1) is 17.0. The summed E-state index contributed by atoms with van der Waals surface area (Å²) >= 11 is 4.81. The SMILES string of the molecule is Cc1ccc(C2=NN(C3=NC(=O)[C@@H](CC(=O)Nc4ccccc4)S3)[C@H](c3ccc(Br)cc3)C2)cc1. The normalized spacial score (nSPS) is 19.5. The smallest absolute Gasteiger partial charge is 0.262 e. The number of amidine groups is 1. The highest BCUT2D eigenvalue weighted by molar-refractivity contribution is 9.10. The zero-order valence-corrected chi connectivity index (χ0v) is 21.4. The summed E-state index contributed by atoms with van der Waals surface area (Å²) in [5.74, 6) is -0.519. The van der Waals surface area contributed by atoms with Gasteiger partial charge in [0.25, 0.3) is 5.91 Å². The summed E-state index contributed by atoms with van der Waals surface area (Å²) in [5.41, 5.74) is 4.97. The molecule has 0 saturated carbocycles. The van der Waals surface area contributed by atoms with Crippen LogP contribution in [0.3, 0.4) is 0 Å². The molecule has 6 nitrogen and oxygen atoms in total. The van der Waals surface area contributed by atoms with Crippen molar-refractivity contribution in [1.29, 1.82) is 0 Å². The van der Waals surface area contributed by atoms with Crippen molar-refractivity contribution in [3.8, 4) is 0 Å². The third kappa shape index (κ3) is 5.39. The number of benzene rings is 3. The number of thioether (sulfide) groups is 1. The van der Waals surface area contributed by atoms with Crippen molar-refractivity contribution < 1.29 is 9.59 Å². The van der Waals surface area contributed by atoms with Gasteiger partial charge in [0.15, 0.2) is 5.17 Å². The summed E-state index contributed by atoms with van der Waals surface area (Å²) in [7, 11) is 0. The second-order valence-corrected chi connectivity index (χ2v) is 10.6. The van der Waals surface area contributed by atoms with E-state index in [2.05, 4.69) is 69.6 Å². The summed E-state index contributed by atoms with van der Waals surface area (Å²) < 4.78 is 0.998. The zero-order valence-electron chi connectivity index (χ0n) is 19.0. The molecule has 0 radical (unpaired) electrons. The number of hydrogen-bond acceptors (Lipinski definition) is 5. The second-order valence-electron chi connectivity index (χ2n) is 8.49. The highest BCUT2D eigenvalue weighted by Gasteiger charge is 2.39. The van der Waals surface area contributed by atoms with Crippen LogP contribution in [0.1, 0.15) is 35.6 Å². The predicted octanol–water partition coefficient (Wildman–Crippen LogP) is 5.94. The molecule has 2 heterocycles. The van der Waals surface area contributed by atoms with Crippen LogP contribution in [0.25, 0.3) is 0 Å². The number of hydrazone groups is 1. The van der Waals surface area contributed by atoms with Crippen LogP contribution < -0.4 is 5.32 Å². The van der Waals surface area contributed by atoms with Gasteiger partial charge in [-0.05, 0) is 42.3 Å². The van der Waals surface area contributed by atoms with Crippen molar-refractivity contribution in [2.24, 2.45) is 10.1 Å². The van der Waals surface area contributed by atoms with Gasteiger partial charge in [-0.2, -0.15) is 10.1 Å². The van der Waals surface area contributed by atoms with Crippen LogP contribution in [0.15, 0.2) is 93.4 Å². The molecule has 176 valence electrons. The Labute approximate surface area is 216 Å². The molecule has 8 heteroatoms. The lowest BCUT2D eigenvalue weighted by molar-refractivity contribution is -0.121. The standard InChI is InChI=1S/C27H23BrN4O2S/c1-17-7-9-18(10-8-17)22-15-23(19-11-13-20(28)14-12-19)32(31-22)27-30-26(34)24(35-27)16-25(33)29-21-5-3-2-4-6-21/h2-14,23-24H,15-16H2,1H3,(H,29,33)/t23-,24+/m0/s1. The average molecular weight is 547 g/mol. The van der Waals surface area contributed by atoms with Crippen molar-refractivity contribution in [3.63, 3.8) is 0 Å². The lowest BCUT2D eigenvalue weighted by Gasteiger charge is -2.23. The Hall–Kier alpha value is -3.23. The van der Waals surface area contributed by atoms with E-state index in [0.29, 0.717) is 17.3 Å². The Morgan fingerprint density at radius 2 is 1.77 bits per heavy atom. The number of nitrogens with zero attached hydrogens (tertiary/aromatic N) is 3. The highest BCUT2D eigenvalue weighted by atomic mass is 79.9. The molecule has 0 bridgehead atoms. The monoisotopic (exact) mass is 546 g/mol. The quantitative estimate of drug-likeness (QED) is 0.430. The maximum absolute atomic E-state index is 12.7. The lowest BCUT2D eigenvalue weighted by atomic mass is 9.98. The van der Waals surface area contributed by atoms with E-state index >= 15 is 0 Å². The summed E-state index contributed by atoms with van der Waals surface area (Å²) in [6, 6.07) is 25.5. The number of amides is 2. The van der Waals surface area contributed by atoms with E-state index in [1.807, 2.05) is 47.5 Å². The number of aryl methyl sites for hydroxylation is 1. The molecule has 3 aromatic carbocycles. The Bertz CT molecular complexity index is 1310. The number of rotatable bonds is 5. The maximum Gasteiger partial charge on any atom is 0.262 e. The van der Waals surface area contributed by atoms with Crippen molar-refractivity contribution in [2.75, 3.05) is 5.32 Å². The fraction of sp³-hybridized carbons (Fsp3) is 0.185. The van der Waals surface area contributed by atoms with Gasteiger partial charge in [0.2, 0.25) is 5.91 Å². The Morgan fingerprint density at radius 1 is 1.06 bits per heavy atom. The lowest BCUT2D eigenvalue weighted by Crippen LogP contribution is -2.25. The van der Waals surface area contributed by atoms with Gasteiger partial charge in [0, 0.05) is 23.0 Å². The molecule has 5 rings (SSSR count).